The Labute approximate surface area is 245 Å². The van der Waals surface area contributed by atoms with Crippen molar-refractivity contribution in [2.24, 2.45) is 0 Å². The number of amides is 1. The number of benzene rings is 3. The quantitative estimate of drug-likeness (QED) is 0.224. The monoisotopic (exact) mass is 560 g/mol. The van der Waals surface area contributed by atoms with Gasteiger partial charge in [0.15, 0.2) is 5.11 Å². The number of rotatable bonds is 8. The fraction of sp³-hybridized carbons (Fsp3) is 0.182. The number of anilines is 2. The highest BCUT2D eigenvalue weighted by atomic mass is 32.1. The number of carbonyl (C=O) groups excluding carboxylic acids is 1. The molecule has 0 spiro atoms. The van der Waals surface area contributed by atoms with Crippen LogP contribution in [0, 0.1) is 0 Å². The summed E-state index contributed by atoms with van der Waals surface area (Å²) in [7, 11) is 4.07. The average molecular weight is 561 g/mol. The Balaban J connectivity index is 1.28. The lowest BCUT2D eigenvalue weighted by molar-refractivity contribution is -0.116. The van der Waals surface area contributed by atoms with Gasteiger partial charge in [-0.05, 0) is 72.2 Å². The molecule has 0 saturated carbocycles. The van der Waals surface area contributed by atoms with Crippen LogP contribution >= 0.6 is 12.2 Å². The topological polar surface area (TPSA) is 65.4 Å². The summed E-state index contributed by atoms with van der Waals surface area (Å²) in [5.41, 5.74) is 4.98. The summed E-state index contributed by atoms with van der Waals surface area (Å²) in [6.45, 7) is 0.460. The second-order valence-electron chi connectivity index (χ2n) is 10.4. The van der Waals surface area contributed by atoms with Crippen molar-refractivity contribution in [1.82, 2.24) is 19.8 Å². The summed E-state index contributed by atoms with van der Waals surface area (Å²) in [5, 5.41) is 9.34. The van der Waals surface area contributed by atoms with Gasteiger partial charge in [-0.1, -0.05) is 42.5 Å². The number of hydrogen-bond acceptors (Lipinski definition) is 4. The molecule has 0 bridgehead atoms. The lowest BCUT2D eigenvalue weighted by Gasteiger charge is -2.29. The molecule has 0 radical (unpaired) electrons. The van der Waals surface area contributed by atoms with E-state index in [1.807, 2.05) is 74.8 Å². The number of nitrogens with one attached hydrogen (secondary N) is 2. The van der Waals surface area contributed by atoms with Crippen LogP contribution in [0.3, 0.4) is 0 Å². The van der Waals surface area contributed by atoms with Crippen LogP contribution in [0.2, 0.25) is 0 Å². The lowest BCUT2D eigenvalue weighted by Crippen LogP contribution is -2.33. The first-order chi connectivity index (χ1) is 20.0. The summed E-state index contributed by atoms with van der Waals surface area (Å²) >= 11 is 5.86. The third kappa shape index (κ3) is 5.38. The van der Waals surface area contributed by atoms with Crippen molar-refractivity contribution in [3.05, 3.63) is 121 Å². The highest BCUT2D eigenvalue weighted by molar-refractivity contribution is 7.80. The van der Waals surface area contributed by atoms with E-state index < -0.39 is 0 Å². The van der Waals surface area contributed by atoms with Crippen molar-refractivity contribution >= 4 is 45.4 Å². The number of nitrogens with zero attached hydrogens (tertiary/aromatic N) is 4. The second-order valence-corrected chi connectivity index (χ2v) is 10.7. The predicted molar refractivity (Wildman–Crippen MR) is 169 cm³/mol. The van der Waals surface area contributed by atoms with E-state index in [0.717, 1.165) is 39.2 Å². The molecule has 6 rings (SSSR count). The minimum Gasteiger partial charge on any atom is -0.378 e. The fourth-order valence-electron chi connectivity index (χ4n) is 5.52. The van der Waals surface area contributed by atoms with Gasteiger partial charge in [0.05, 0.1) is 17.8 Å². The van der Waals surface area contributed by atoms with E-state index in [1.165, 1.54) is 0 Å². The molecule has 1 aliphatic rings. The van der Waals surface area contributed by atoms with E-state index in [2.05, 4.69) is 72.6 Å². The first kappa shape index (κ1) is 26.5. The summed E-state index contributed by atoms with van der Waals surface area (Å²) in [5.74, 6) is -0.0566. The number of thiocarbonyl (C=S) groups is 1. The standard InChI is InChI=1S/C33H32N6OS/c1-37(2)24-15-17-25(18-16-24)38-21-8-14-29(38)32-31(28-12-5-6-20-34-28)36-33(41)39(32)22-19-30(40)35-27-13-7-10-23-9-3-4-11-26(23)27/h3-18,20-21,31-32H,19,22H2,1-2H3,(H,35,40)(H,36,41)/t31-,32-/m0/s1. The van der Waals surface area contributed by atoms with Crippen LogP contribution in [0.5, 0.6) is 0 Å². The third-order valence-electron chi connectivity index (χ3n) is 7.57. The molecule has 8 heteroatoms. The van der Waals surface area contributed by atoms with Crippen molar-refractivity contribution in [2.45, 2.75) is 18.5 Å². The Hall–Kier alpha value is -4.69. The molecule has 0 aliphatic carbocycles. The first-order valence-corrected chi connectivity index (χ1v) is 14.1. The minimum absolute atomic E-state index is 0.0566. The fourth-order valence-corrected chi connectivity index (χ4v) is 5.85. The van der Waals surface area contributed by atoms with E-state index in [9.17, 15) is 4.79 Å². The van der Waals surface area contributed by atoms with Gasteiger partial charge in [0.2, 0.25) is 5.91 Å². The van der Waals surface area contributed by atoms with Crippen molar-refractivity contribution in [1.29, 1.82) is 0 Å². The van der Waals surface area contributed by atoms with Gasteiger partial charge in [-0.3, -0.25) is 9.78 Å². The Bertz CT molecular complexity index is 1680. The van der Waals surface area contributed by atoms with Gasteiger partial charge in [-0.2, -0.15) is 0 Å². The number of carbonyl (C=O) groups is 1. The van der Waals surface area contributed by atoms with E-state index in [1.54, 1.807) is 6.20 Å². The first-order valence-electron chi connectivity index (χ1n) is 13.7. The van der Waals surface area contributed by atoms with E-state index in [4.69, 9.17) is 12.2 Å². The molecule has 2 aromatic heterocycles. The summed E-state index contributed by atoms with van der Waals surface area (Å²) < 4.78 is 2.19. The van der Waals surface area contributed by atoms with Gasteiger partial charge in [-0.15, -0.1) is 0 Å². The van der Waals surface area contributed by atoms with Crippen LogP contribution in [0.1, 0.15) is 29.9 Å². The van der Waals surface area contributed by atoms with Crippen LogP contribution in [-0.4, -0.2) is 46.1 Å². The molecular weight excluding hydrogens is 528 g/mol. The lowest BCUT2D eigenvalue weighted by atomic mass is 10.0. The maximum Gasteiger partial charge on any atom is 0.226 e. The molecule has 206 valence electrons. The molecule has 1 aliphatic heterocycles. The van der Waals surface area contributed by atoms with Crippen molar-refractivity contribution < 1.29 is 4.79 Å². The molecule has 1 amide bonds. The van der Waals surface area contributed by atoms with Gasteiger partial charge < -0.3 is 25.0 Å². The molecule has 1 fully saturated rings. The molecular formula is C33H32N6OS. The molecule has 3 heterocycles. The molecule has 5 aromatic rings. The molecule has 7 nitrogen and oxygen atoms in total. The van der Waals surface area contributed by atoms with Crippen LogP contribution in [0.15, 0.2) is 109 Å². The molecule has 0 unspecified atom stereocenters. The summed E-state index contributed by atoms with van der Waals surface area (Å²) in [4.78, 5) is 22.1. The summed E-state index contributed by atoms with van der Waals surface area (Å²) in [6.07, 6.45) is 4.16. The Morgan fingerprint density at radius 2 is 1.73 bits per heavy atom. The normalized spacial score (nSPS) is 16.5. The highest BCUT2D eigenvalue weighted by Gasteiger charge is 2.41. The Morgan fingerprint density at radius 3 is 2.51 bits per heavy atom. The van der Waals surface area contributed by atoms with Crippen molar-refractivity contribution in [3.63, 3.8) is 0 Å². The van der Waals surface area contributed by atoms with Crippen LogP contribution in [0.4, 0.5) is 11.4 Å². The Kier molecular flexibility index (Phi) is 7.39. The smallest absolute Gasteiger partial charge is 0.226 e. The Morgan fingerprint density at radius 1 is 0.951 bits per heavy atom. The second kappa shape index (κ2) is 11.4. The molecule has 2 atom stereocenters. The molecule has 41 heavy (non-hydrogen) atoms. The predicted octanol–water partition coefficient (Wildman–Crippen LogP) is 6.09. The third-order valence-corrected chi connectivity index (χ3v) is 7.92. The van der Waals surface area contributed by atoms with Crippen LogP contribution in [-0.2, 0) is 4.79 Å². The van der Waals surface area contributed by atoms with E-state index >= 15 is 0 Å². The number of fused-ring (bicyclic) bond motifs is 1. The molecule has 3 aromatic carbocycles. The molecule has 1 saturated heterocycles. The zero-order valence-corrected chi connectivity index (χ0v) is 23.9. The number of aromatic nitrogens is 2. The zero-order chi connectivity index (χ0) is 28.3. The number of pyridine rings is 1. The number of hydrogen-bond donors (Lipinski definition) is 2. The summed E-state index contributed by atoms with van der Waals surface area (Å²) in [6, 6.07) is 32.2. The highest BCUT2D eigenvalue weighted by Crippen LogP contribution is 2.39. The van der Waals surface area contributed by atoms with Gasteiger partial charge in [0.25, 0.3) is 0 Å². The maximum atomic E-state index is 13.2. The van der Waals surface area contributed by atoms with Gasteiger partial charge in [0, 0.05) is 67.6 Å². The maximum absolute atomic E-state index is 13.2. The largest absolute Gasteiger partial charge is 0.378 e. The van der Waals surface area contributed by atoms with Crippen LogP contribution < -0.4 is 15.5 Å². The van der Waals surface area contributed by atoms with Gasteiger partial charge in [0.1, 0.15) is 0 Å². The van der Waals surface area contributed by atoms with E-state index in [0.29, 0.717) is 11.7 Å². The van der Waals surface area contributed by atoms with Gasteiger partial charge in [-0.25, -0.2) is 0 Å². The SMILES string of the molecule is CN(C)c1ccc(-n2cccc2[C@H]2[C@H](c3ccccn3)NC(=S)N2CCC(=O)Nc2cccc3ccccc23)cc1. The molecule has 2 N–H and O–H groups in total. The van der Waals surface area contributed by atoms with Crippen LogP contribution in [0.25, 0.3) is 16.5 Å². The van der Waals surface area contributed by atoms with Crippen molar-refractivity contribution in [3.8, 4) is 5.69 Å². The minimum atomic E-state index is -0.167. The van der Waals surface area contributed by atoms with E-state index in [-0.39, 0.29) is 24.4 Å². The van der Waals surface area contributed by atoms with Crippen molar-refractivity contribution in [2.75, 3.05) is 30.9 Å². The zero-order valence-electron chi connectivity index (χ0n) is 23.1. The van der Waals surface area contributed by atoms with Gasteiger partial charge >= 0.3 is 0 Å². The average Bonchev–Trinajstić information content (AvgIpc) is 3.61.